The molecule has 3 heteroatoms. The summed E-state index contributed by atoms with van der Waals surface area (Å²) in [4.78, 5) is 11.7. The van der Waals surface area contributed by atoms with Crippen molar-refractivity contribution in [1.29, 1.82) is 0 Å². The third-order valence-corrected chi connectivity index (χ3v) is 3.33. The van der Waals surface area contributed by atoms with Crippen molar-refractivity contribution >= 4 is 5.97 Å². The van der Waals surface area contributed by atoms with Crippen molar-refractivity contribution in [2.45, 2.75) is 46.1 Å². The molecule has 90 valence electrons. The summed E-state index contributed by atoms with van der Waals surface area (Å²) in [6.07, 6.45) is 1.91. The molecular formula is C12H25NO2. The summed E-state index contributed by atoms with van der Waals surface area (Å²) in [5.74, 6) is 0.956. The first-order valence-corrected chi connectivity index (χ1v) is 5.68. The van der Waals surface area contributed by atoms with Gasteiger partial charge in [0.25, 0.3) is 0 Å². The lowest BCUT2D eigenvalue weighted by atomic mass is 9.81. The Labute approximate surface area is 93.6 Å². The lowest BCUT2D eigenvalue weighted by Gasteiger charge is -2.31. The van der Waals surface area contributed by atoms with E-state index < -0.39 is 5.54 Å². The lowest BCUT2D eigenvalue weighted by molar-refractivity contribution is -0.148. The van der Waals surface area contributed by atoms with Gasteiger partial charge in [-0.1, -0.05) is 27.2 Å². The number of esters is 1. The number of carbonyl (C=O) groups excluding carboxylic acids is 1. The molecule has 0 aliphatic carbocycles. The normalized spacial score (nSPS) is 17.3. The molecule has 0 rings (SSSR count). The second-order valence-corrected chi connectivity index (χ2v) is 4.69. The highest BCUT2D eigenvalue weighted by Gasteiger charge is 2.35. The standard InChI is InChI=1S/C12H25NO2/c1-7-10(9(2)3)8-12(4,13-5)11(14)15-6/h9-10,13H,7-8H2,1-6H3. The highest BCUT2D eigenvalue weighted by molar-refractivity contribution is 5.80. The van der Waals surface area contributed by atoms with Crippen molar-refractivity contribution in [3.8, 4) is 0 Å². The fourth-order valence-electron chi connectivity index (χ4n) is 1.89. The fourth-order valence-corrected chi connectivity index (χ4v) is 1.89. The highest BCUT2D eigenvalue weighted by atomic mass is 16.5. The molecule has 0 aromatic rings. The zero-order chi connectivity index (χ0) is 12.1. The van der Waals surface area contributed by atoms with Gasteiger partial charge >= 0.3 is 5.97 Å². The van der Waals surface area contributed by atoms with Crippen LogP contribution in [0.5, 0.6) is 0 Å². The summed E-state index contributed by atoms with van der Waals surface area (Å²) >= 11 is 0. The molecule has 0 aromatic heterocycles. The lowest BCUT2D eigenvalue weighted by Crippen LogP contribution is -2.50. The van der Waals surface area contributed by atoms with Crippen LogP contribution in [0, 0.1) is 11.8 Å². The maximum Gasteiger partial charge on any atom is 0.325 e. The van der Waals surface area contributed by atoms with Crippen LogP contribution in [0.15, 0.2) is 0 Å². The number of hydrogen-bond acceptors (Lipinski definition) is 3. The van der Waals surface area contributed by atoms with E-state index in [0.717, 1.165) is 12.8 Å². The first-order valence-electron chi connectivity index (χ1n) is 5.68. The van der Waals surface area contributed by atoms with Crippen molar-refractivity contribution in [1.82, 2.24) is 5.32 Å². The van der Waals surface area contributed by atoms with E-state index in [4.69, 9.17) is 4.74 Å². The van der Waals surface area contributed by atoms with Gasteiger partial charge in [-0.3, -0.25) is 4.79 Å². The van der Waals surface area contributed by atoms with Crippen molar-refractivity contribution in [2.24, 2.45) is 11.8 Å². The molecule has 3 nitrogen and oxygen atoms in total. The first-order chi connectivity index (χ1) is 6.91. The van der Waals surface area contributed by atoms with Gasteiger partial charge in [0.15, 0.2) is 0 Å². The summed E-state index contributed by atoms with van der Waals surface area (Å²) in [6.45, 7) is 8.46. The number of carbonyl (C=O) groups is 1. The van der Waals surface area contributed by atoms with Crippen LogP contribution in [-0.4, -0.2) is 25.7 Å². The van der Waals surface area contributed by atoms with Gasteiger partial charge in [-0.25, -0.2) is 0 Å². The summed E-state index contributed by atoms with van der Waals surface area (Å²) < 4.78 is 4.83. The topological polar surface area (TPSA) is 38.3 Å². The van der Waals surface area contributed by atoms with Gasteiger partial charge in [0.05, 0.1) is 7.11 Å². The molecule has 0 aromatic carbocycles. The summed E-state index contributed by atoms with van der Waals surface area (Å²) in [5.41, 5.74) is -0.556. The number of ether oxygens (including phenoxy) is 1. The third-order valence-electron chi connectivity index (χ3n) is 3.33. The Morgan fingerprint density at radius 3 is 2.27 bits per heavy atom. The van der Waals surface area contributed by atoms with Crippen LogP contribution < -0.4 is 5.32 Å². The molecule has 15 heavy (non-hydrogen) atoms. The van der Waals surface area contributed by atoms with Gasteiger partial charge in [-0.2, -0.15) is 0 Å². The monoisotopic (exact) mass is 215 g/mol. The molecule has 0 heterocycles. The molecule has 0 amide bonds. The van der Waals surface area contributed by atoms with Crippen LogP contribution in [0.1, 0.15) is 40.5 Å². The van der Waals surface area contributed by atoms with Crippen LogP contribution in [0.4, 0.5) is 0 Å². The molecule has 0 bridgehead atoms. The SMILES string of the molecule is CCC(CC(C)(NC)C(=O)OC)C(C)C. The number of methoxy groups -OCH3 is 1. The Balaban J connectivity index is 4.61. The average Bonchev–Trinajstić information content (AvgIpc) is 2.23. The Morgan fingerprint density at radius 2 is 2.00 bits per heavy atom. The molecule has 0 aliphatic rings. The Hall–Kier alpha value is -0.570. The van der Waals surface area contributed by atoms with E-state index in [1.807, 2.05) is 14.0 Å². The van der Waals surface area contributed by atoms with Gasteiger partial charge < -0.3 is 10.1 Å². The molecule has 1 N–H and O–H groups in total. The van der Waals surface area contributed by atoms with E-state index in [0.29, 0.717) is 11.8 Å². The predicted molar refractivity (Wildman–Crippen MR) is 62.7 cm³/mol. The number of nitrogens with one attached hydrogen (secondary N) is 1. The van der Waals surface area contributed by atoms with Gasteiger partial charge in [-0.15, -0.1) is 0 Å². The van der Waals surface area contributed by atoms with Gasteiger partial charge in [0.2, 0.25) is 0 Å². The summed E-state index contributed by atoms with van der Waals surface area (Å²) in [5, 5.41) is 3.07. The van der Waals surface area contributed by atoms with Crippen molar-refractivity contribution in [2.75, 3.05) is 14.2 Å². The smallest absolute Gasteiger partial charge is 0.325 e. The quantitative estimate of drug-likeness (QED) is 0.690. The molecule has 0 fully saturated rings. The summed E-state index contributed by atoms with van der Waals surface area (Å²) in [6, 6.07) is 0. The molecule has 0 radical (unpaired) electrons. The minimum atomic E-state index is -0.556. The highest BCUT2D eigenvalue weighted by Crippen LogP contribution is 2.26. The van der Waals surface area contributed by atoms with E-state index in [-0.39, 0.29) is 5.97 Å². The maximum atomic E-state index is 11.7. The van der Waals surface area contributed by atoms with Crippen molar-refractivity contribution in [3.63, 3.8) is 0 Å². The molecule has 2 atom stereocenters. The summed E-state index contributed by atoms with van der Waals surface area (Å²) in [7, 11) is 3.25. The fraction of sp³-hybridized carbons (Fsp3) is 0.917. The van der Waals surface area contributed by atoms with E-state index in [2.05, 4.69) is 26.1 Å². The van der Waals surface area contributed by atoms with E-state index in [1.165, 1.54) is 7.11 Å². The molecule has 0 saturated heterocycles. The van der Waals surface area contributed by atoms with Crippen LogP contribution in [0.2, 0.25) is 0 Å². The van der Waals surface area contributed by atoms with Crippen LogP contribution >= 0.6 is 0 Å². The number of rotatable bonds is 6. The molecule has 0 saturated carbocycles. The number of hydrogen-bond donors (Lipinski definition) is 1. The van der Waals surface area contributed by atoms with Gasteiger partial charge in [-0.05, 0) is 32.2 Å². The number of likely N-dealkylation sites (N-methyl/N-ethyl adjacent to an activating group) is 1. The van der Waals surface area contributed by atoms with E-state index >= 15 is 0 Å². The van der Waals surface area contributed by atoms with E-state index in [9.17, 15) is 4.79 Å². The second-order valence-electron chi connectivity index (χ2n) is 4.69. The van der Waals surface area contributed by atoms with Crippen LogP contribution in [-0.2, 0) is 9.53 Å². The zero-order valence-electron chi connectivity index (χ0n) is 10.9. The average molecular weight is 215 g/mol. The van der Waals surface area contributed by atoms with Crippen molar-refractivity contribution < 1.29 is 9.53 Å². The molecule has 2 unspecified atom stereocenters. The maximum absolute atomic E-state index is 11.7. The van der Waals surface area contributed by atoms with E-state index in [1.54, 1.807) is 0 Å². The minimum Gasteiger partial charge on any atom is -0.468 e. The largest absolute Gasteiger partial charge is 0.468 e. The Bertz CT molecular complexity index is 204. The third kappa shape index (κ3) is 3.82. The predicted octanol–water partition coefficient (Wildman–Crippen LogP) is 2.21. The second kappa shape index (κ2) is 6.11. The van der Waals surface area contributed by atoms with Crippen molar-refractivity contribution in [3.05, 3.63) is 0 Å². The Morgan fingerprint density at radius 1 is 1.47 bits per heavy atom. The van der Waals surface area contributed by atoms with Crippen LogP contribution in [0.3, 0.4) is 0 Å². The zero-order valence-corrected chi connectivity index (χ0v) is 10.9. The minimum absolute atomic E-state index is 0.177. The molecular weight excluding hydrogens is 190 g/mol. The van der Waals surface area contributed by atoms with Gasteiger partial charge in [0.1, 0.15) is 5.54 Å². The van der Waals surface area contributed by atoms with Gasteiger partial charge in [0, 0.05) is 0 Å². The first kappa shape index (κ1) is 14.4. The van der Waals surface area contributed by atoms with Crippen LogP contribution in [0.25, 0.3) is 0 Å². The molecule has 0 aliphatic heterocycles. The Kier molecular flexibility index (Phi) is 5.88. The molecule has 0 spiro atoms.